The number of ether oxygens (including phenoxy) is 2. The summed E-state index contributed by atoms with van der Waals surface area (Å²) in [5.41, 5.74) is 1.43. The first-order chi connectivity index (χ1) is 11.9. The average molecular weight is 358 g/mol. The highest BCUT2D eigenvalue weighted by molar-refractivity contribution is 5.43. The lowest BCUT2D eigenvalue weighted by Crippen LogP contribution is -2.28. The molecular weight excluding hydrogens is 333 g/mol. The predicted molar refractivity (Wildman–Crippen MR) is 89.0 cm³/mol. The van der Waals surface area contributed by atoms with E-state index in [0.29, 0.717) is 17.8 Å². The molecule has 2 aliphatic rings. The second-order valence-electron chi connectivity index (χ2n) is 7.01. The van der Waals surface area contributed by atoms with Crippen molar-refractivity contribution in [3.05, 3.63) is 23.8 Å². The Hall–Kier alpha value is -1.47. The van der Waals surface area contributed by atoms with Crippen LogP contribution in [0.2, 0.25) is 0 Å². The van der Waals surface area contributed by atoms with Gasteiger partial charge in [-0.05, 0) is 56.0 Å². The van der Waals surface area contributed by atoms with Crippen LogP contribution < -0.4 is 14.8 Å². The zero-order valence-corrected chi connectivity index (χ0v) is 14.5. The SMILES string of the molecule is CCOc1cc(CN2CCC3(CCNC3)C2)ccc1OCC(F)(F)F. The summed E-state index contributed by atoms with van der Waals surface area (Å²) in [6, 6.07) is 5.20. The van der Waals surface area contributed by atoms with Gasteiger partial charge in [-0.15, -0.1) is 0 Å². The molecule has 1 aromatic carbocycles. The molecule has 2 saturated heterocycles. The van der Waals surface area contributed by atoms with Gasteiger partial charge in [0.2, 0.25) is 0 Å². The molecule has 1 N–H and O–H groups in total. The van der Waals surface area contributed by atoms with Gasteiger partial charge in [0.15, 0.2) is 18.1 Å². The van der Waals surface area contributed by atoms with Crippen LogP contribution in [0.25, 0.3) is 0 Å². The van der Waals surface area contributed by atoms with Gasteiger partial charge in [0.1, 0.15) is 0 Å². The first-order valence-electron chi connectivity index (χ1n) is 8.77. The van der Waals surface area contributed by atoms with E-state index in [4.69, 9.17) is 9.47 Å². The van der Waals surface area contributed by atoms with Crippen molar-refractivity contribution in [2.45, 2.75) is 32.5 Å². The van der Waals surface area contributed by atoms with E-state index in [1.807, 2.05) is 6.07 Å². The van der Waals surface area contributed by atoms with E-state index in [0.717, 1.165) is 38.3 Å². The van der Waals surface area contributed by atoms with Crippen molar-refractivity contribution >= 4 is 0 Å². The fraction of sp³-hybridized carbons (Fsp3) is 0.667. The molecule has 0 aliphatic carbocycles. The van der Waals surface area contributed by atoms with Gasteiger partial charge < -0.3 is 14.8 Å². The summed E-state index contributed by atoms with van der Waals surface area (Å²) >= 11 is 0. The molecule has 1 aromatic rings. The first kappa shape index (κ1) is 18.3. The van der Waals surface area contributed by atoms with Crippen LogP contribution in [-0.2, 0) is 6.54 Å². The van der Waals surface area contributed by atoms with Gasteiger partial charge in [-0.25, -0.2) is 0 Å². The fourth-order valence-corrected chi connectivity index (χ4v) is 3.76. The second-order valence-corrected chi connectivity index (χ2v) is 7.01. The number of halogens is 3. The third-order valence-corrected chi connectivity index (χ3v) is 4.95. The summed E-state index contributed by atoms with van der Waals surface area (Å²) in [7, 11) is 0. The number of rotatable bonds is 6. The Morgan fingerprint density at radius 1 is 1.20 bits per heavy atom. The van der Waals surface area contributed by atoms with Crippen molar-refractivity contribution in [3.63, 3.8) is 0 Å². The molecule has 140 valence electrons. The topological polar surface area (TPSA) is 33.7 Å². The van der Waals surface area contributed by atoms with E-state index in [1.165, 1.54) is 12.8 Å². The Bertz CT molecular complexity index is 586. The van der Waals surface area contributed by atoms with E-state index in [1.54, 1.807) is 19.1 Å². The molecule has 0 saturated carbocycles. The van der Waals surface area contributed by atoms with Crippen LogP contribution in [0.1, 0.15) is 25.3 Å². The van der Waals surface area contributed by atoms with Crippen molar-refractivity contribution in [1.29, 1.82) is 0 Å². The fourth-order valence-electron chi connectivity index (χ4n) is 3.76. The number of alkyl halides is 3. The maximum Gasteiger partial charge on any atom is 0.422 e. The number of hydrogen-bond donors (Lipinski definition) is 1. The Morgan fingerprint density at radius 3 is 2.72 bits per heavy atom. The van der Waals surface area contributed by atoms with E-state index in [9.17, 15) is 13.2 Å². The summed E-state index contributed by atoms with van der Waals surface area (Å²) in [6.07, 6.45) is -1.94. The van der Waals surface area contributed by atoms with E-state index < -0.39 is 12.8 Å². The number of likely N-dealkylation sites (tertiary alicyclic amines) is 1. The molecule has 25 heavy (non-hydrogen) atoms. The van der Waals surface area contributed by atoms with Crippen molar-refractivity contribution in [1.82, 2.24) is 10.2 Å². The third-order valence-electron chi connectivity index (χ3n) is 4.95. The van der Waals surface area contributed by atoms with Crippen LogP contribution in [0.4, 0.5) is 13.2 Å². The highest BCUT2D eigenvalue weighted by Gasteiger charge is 2.40. The van der Waals surface area contributed by atoms with Gasteiger partial charge >= 0.3 is 6.18 Å². The molecule has 0 bridgehead atoms. The molecule has 1 spiro atoms. The van der Waals surface area contributed by atoms with Gasteiger partial charge in [0.25, 0.3) is 0 Å². The number of hydrogen-bond acceptors (Lipinski definition) is 4. The lowest BCUT2D eigenvalue weighted by atomic mass is 9.86. The summed E-state index contributed by atoms with van der Waals surface area (Å²) < 4.78 is 47.5. The summed E-state index contributed by atoms with van der Waals surface area (Å²) in [6.45, 7) is 5.94. The first-order valence-corrected chi connectivity index (χ1v) is 8.77. The van der Waals surface area contributed by atoms with E-state index >= 15 is 0 Å². The highest BCUT2D eigenvalue weighted by Crippen LogP contribution is 2.37. The summed E-state index contributed by atoms with van der Waals surface area (Å²) in [5.74, 6) is 0.515. The number of nitrogens with one attached hydrogen (secondary N) is 1. The molecule has 2 heterocycles. The Kier molecular flexibility index (Phi) is 5.43. The van der Waals surface area contributed by atoms with E-state index in [-0.39, 0.29) is 5.75 Å². The predicted octanol–water partition coefficient (Wildman–Crippen LogP) is 3.21. The molecule has 0 aromatic heterocycles. The third kappa shape index (κ3) is 4.79. The molecule has 4 nitrogen and oxygen atoms in total. The van der Waals surface area contributed by atoms with Gasteiger partial charge in [-0.1, -0.05) is 6.07 Å². The van der Waals surface area contributed by atoms with Crippen LogP contribution in [0.5, 0.6) is 11.5 Å². The van der Waals surface area contributed by atoms with Gasteiger partial charge in [0.05, 0.1) is 6.61 Å². The normalized spacial score (nSPS) is 24.2. The molecule has 0 amide bonds. The maximum atomic E-state index is 12.4. The minimum Gasteiger partial charge on any atom is -0.490 e. The van der Waals surface area contributed by atoms with Gasteiger partial charge in [0, 0.05) is 19.6 Å². The Morgan fingerprint density at radius 2 is 2.04 bits per heavy atom. The van der Waals surface area contributed by atoms with E-state index in [2.05, 4.69) is 10.2 Å². The van der Waals surface area contributed by atoms with Crippen molar-refractivity contribution in [2.24, 2.45) is 5.41 Å². The molecule has 2 fully saturated rings. The zero-order chi connectivity index (χ0) is 17.9. The molecule has 0 radical (unpaired) electrons. The largest absolute Gasteiger partial charge is 0.490 e. The highest BCUT2D eigenvalue weighted by atomic mass is 19.4. The number of nitrogens with zero attached hydrogens (tertiary/aromatic N) is 1. The molecule has 2 aliphatic heterocycles. The quantitative estimate of drug-likeness (QED) is 0.847. The molecular formula is C18H25F3N2O2. The van der Waals surface area contributed by atoms with Crippen molar-refractivity contribution in [3.8, 4) is 11.5 Å². The minimum atomic E-state index is -4.36. The van der Waals surface area contributed by atoms with Crippen molar-refractivity contribution in [2.75, 3.05) is 39.4 Å². The van der Waals surface area contributed by atoms with Crippen LogP contribution in [-0.4, -0.2) is 50.5 Å². The summed E-state index contributed by atoms with van der Waals surface area (Å²) in [5, 5.41) is 3.44. The van der Waals surface area contributed by atoms with Crippen LogP contribution in [0, 0.1) is 5.41 Å². The summed E-state index contributed by atoms with van der Waals surface area (Å²) in [4.78, 5) is 2.41. The molecule has 1 unspecified atom stereocenters. The van der Waals surface area contributed by atoms with Crippen LogP contribution >= 0.6 is 0 Å². The lowest BCUT2D eigenvalue weighted by Gasteiger charge is -2.23. The average Bonchev–Trinajstić information content (AvgIpc) is 3.16. The second kappa shape index (κ2) is 7.41. The molecule has 3 rings (SSSR count). The Balaban J connectivity index is 1.64. The Labute approximate surface area is 146 Å². The minimum absolute atomic E-state index is 0.140. The van der Waals surface area contributed by atoms with Crippen LogP contribution in [0.15, 0.2) is 18.2 Å². The smallest absolute Gasteiger partial charge is 0.422 e. The lowest BCUT2D eigenvalue weighted by molar-refractivity contribution is -0.153. The monoisotopic (exact) mass is 358 g/mol. The standard InChI is InChI=1S/C18H25F3N2O2/c1-2-24-16-9-14(3-4-15(16)25-13-18(19,20)21)10-23-8-6-17(12-23)5-7-22-11-17/h3-4,9,22H,2,5-8,10-13H2,1H3. The number of benzene rings is 1. The molecule has 7 heteroatoms. The zero-order valence-electron chi connectivity index (χ0n) is 14.5. The maximum absolute atomic E-state index is 12.4. The van der Waals surface area contributed by atoms with Crippen LogP contribution in [0.3, 0.4) is 0 Å². The van der Waals surface area contributed by atoms with Crippen molar-refractivity contribution < 1.29 is 22.6 Å². The molecule has 1 atom stereocenters. The van der Waals surface area contributed by atoms with Gasteiger partial charge in [-0.3, -0.25) is 4.90 Å². The van der Waals surface area contributed by atoms with Gasteiger partial charge in [-0.2, -0.15) is 13.2 Å².